The monoisotopic (exact) mass is 292 g/mol. The quantitative estimate of drug-likeness (QED) is 0.890. The van der Waals surface area contributed by atoms with Crippen molar-refractivity contribution in [1.29, 1.82) is 0 Å². The van der Waals surface area contributed by atoms with E-state index in [0.717, 1.165) is 30.1 Å². The summed E-state index contributed by atoms with van der Waals surface area (Å²) >= 11 is 0. The predicted molar refractivity (Wildman–Crippen MR) is 82.0 cm³/mol. The second-order valence-corrected chi connectivity index (χ2v) is 4.83. The van der Waals surface area contributed by atoms with Crippen LogP contribution in [-0.2, 0) is 6.42 Å². The lowest BCUT2D eigenvalue weighted by molar-refractivity contribution is 0.102. The van der Waals surface area contributed by atoms with Crippen LogP contribution in [0.1, 0.15) is 27.4 Å². The second kappa shape index (κ2) is 5.59. The Morgan fingerprint density at radius 2 is 2.10 bits per heavy atom. The SMILES string of the molecule is Cc1cc(C(=O)Nc2ccc3c(c2)CCN3)c(C)o1.Cl. The number of nitrogens with one attached hydrogen (secondary N) is 2. The summed E-state index contributed by atoms with van der Waals surface area (Å²) < 4.78 is 5.38. The molecule has 4 nitrogen and oxygen atoms in total. The topological polar surface area (TPSA) is 54.3 Å². The lowest BCUT2D eigenvalue weighted by Gasteiger charge is -2.06. The molecular weight excluding hydrogens is 276 g/mol. The van der Waals surface area contributed by atoms with Crippen LogP contribution in [-0.4, -0.2) is 12.5 Å². The maximum absolute atomic E-state index is 12.2. The second-order valence-electron chi connectivity index (χ2n) is 4.83. The molecule has 2 N–H and O–H groups in total. The first kappa shape index (κ1) is 14.5. The first-order valence-corrected chi connectivity index (χ1v) is 6.38. The minimum atomic E-state index is -0.125. The van der Waals surface area contributed by atoms with E-state index in [1.165, 1.54) is 5.56 Å². The van der Waals surface area contributed by atoms with E-state index in [-0.39, 0.29) is 18.3 Å². The number of rotatable bonds is 2. The van der Waals surface area contributed by atoms with Gasteiger partial charge in [0.1, 0.15) is 11.5 Å². The highest BCUT2D eigenvalue weighted by molar-refractivity contribution is 6.05. The minimum absolute atomic E-state index is 0. The van der Waals surface area contributed by atoms with Crippen molar-refractivity contribution < 1.29 is 9.21 Å². The van der Waals surface area contributed by atoms with Gasteiger partial charge in [-0.05, 0) is 50.1 Å². The van der Waals surface area contributed by atoms with Crippen molar-refractivity contribution >= 4 is 29.7 Å². The van der Waals surface area contributed by atoms with E-state index in [9.17, 15) is 4.79 Å². The van der Waals surface area contributed by atoms with Crippen LogP contribution in [0.4, 0.5) is 11.4 Å². The fourth-order valence-corrected chi connectivity index (χ4v) is 2.44. The lowest BCUT2D eigenvalue weighted by atomic mass is 10.1. The van der Waals surface area contributed by atoms with Crippen LogP contribution in [0.5, 0.6) is 0 Å². The van der Waals surface area contributed by atoms with Crippen LogP contribution in [0.2, 0.25) is 0 Å². The third-order valence-electron chi connectivity index (χ3n) is 3.36. The van der Waals surface area contributed by atoms with E-state index in [1.807, 2.05) is 25.1 Å². The number of hydrogen-bond acceptors (Lipinski definition) is 3. The van der Waals surface area contributed by atoms with Gasteiger partial charge in [0.15, 0.2) is 0 Å². The van der Waals surface area contributed by atoms with Crippen LogP contribution in [0, 0.1) is 13.8 Å². The lowest BCUT2D eigenvalue weighted by Crippen LogP contribution is -2.12. The van der Waals surface area contributed by atoms with Gasteiger partial charge in [-0.15, -0.1) is 12.4 Å². The number of benzene rings is 1. The Labute approximate surface area is 124 Å². The van der Waals surface area contributed by atoms with E-state index in [4.69, 9.17) is 4.42 Å². The van der Waals surface area contributed by atoms with Crippen LogP contribution in [0.3, 0.4) is 0 Å². The van der Waals surface area contributed by atoms with Crippen molar-refractivity contribution in [2.24, 2.45) is 0 Å². The number of hydrogen-bond donors (Lipinski definition) is 2. The van der Waals surface area contributed by atoms with Crippen LogP contribution in [0.25, 0.3) is 0 Å². The summed E-state index contributed by atoms with van der Waals surface area (Å²) in [5, 5.41) is 6.21. The molecule has 0 atom stereocenters. The molecule has 3 rings (SSSR count). The van der Waals surface area contributed by atoms with Crippen LogP contribution in [0.15, 0.2) is 28.7 Å². The highest BCUT2D eigenvalue weighted by atomic mass is 35.5. The van der Waals surface area contributed by atoms with Gasteiger partial charge in [-0.3, -0.25) is 4.79 Å². The zero-order valence-corrected chi connectivity index (χ0v) is 12.3. The average molecular weight is 293 g/mol. The normalized spacial score (nSPS) is 12.3. The first-order chi connectivity index (χ1) is 9.13. The van der Waals surface area contributed by atoms with Gasteiger partial charge in [0, 0.05) is 17.9 Å². The Bertz CT molecular complexity index is 649. The number of anilines is 2. The molecule has 0 aliphatic carbocycles. The number of carbonyl (C=O) groups is 1. The molecule has 106 valence electrons. The molecule has 5 heteroatoms. The molecule has 0 spiro atoms. The molecule has 0 radical (unpaired) electrons. The third-order valence-corrected chi connectivity index (χ3v) is 3.36. The molecule has 1 aliphatic rings. The maximum Gasteiger partial charge on any atom is 0.259 e. The van der Waals surface area contributed by atoms with Gasteiger partial charge >= 0.3 is 0 Å². The summed E-state index contributed by atoms with van der Waals surface area (Å²) in [6.07, 6.45) is 1.00. The molecule has 0 fully saturated rings. The van der Waals surface area contributed by atoms with Crippen molar-refractivity contribution in [3.8, 4) is 0 Å². The minimum Gasteiger partial charge on any atom is -0.466 e. The number of aryl methyl sites for hydroxylation is 2. The highest BCUT2D eigenvalue weighted by Crippen LogP contribution is 2.26. The molecule has 0 saturated heterocycles. The average Bonchev–Trinajstić information content (AvgIpc) is 2.94. The van der Waals surface area contributed by atoms with Crippen molar-refractivity contribution in [3.05, 3.63) is 46.9 Å². The van der Waals surface area contributed by atoms with E-state index >= 15 is 0 Å². The Hall–Kier alpha value is -1.94. The highest BCUT2D eigenvalue weighted by Gasteiger charge is 2.15. The van der Waals surface area contributed by atoms with Gasteiger partial charge in [0.2, 0.25) is 0 Å². The molecule has 1 amide bonds. The van der Waals surface area contributed by atoms with Gasteiger partial charge in [0.05, 0.1) is 5.56 Å². The number of carbonyl (C=O) groups excluding carboxylic acids is 1. The number of furan rings is 1. The molecule has 1 aliphatic heterocycles. The predicted octanol–water partition coefficient (Wildman–Crippen LogP) is 3.54. The fourth-order valence-electron chi connectivity index (χ4n) is 2.44. The zero-order chi connectivity index (χ0) is 13.4. The van der Waals surface area contributed by atoms with E-state index < -0.39 is 0 Å². The van der Waals surface area contributed by atoms with Gasteiger partial charge in [-0.2, -0.15) is 0 Å². The largest absolute Gasteiger partial charge is 0.466 e. The van der Waals surface area contributed by atoms with Crippen molar-refractivity contribution in [3.63, 3.8) is 0 Å². The summed E-state index contributed by atoms with van der Waals surface area (Å²) in [6, 6.07) is 7.71. The Kier molecular flexibility index (Phi) is 4.04. The van der Waals surface area contributed by atoms with Crippen LogP contribution >= 0.6 is 12.4 Å². The number of halogens is 1. The maximum atomic E-state index is 12.2. The summed E-state index contributed by atoms with van der Waals surface area (Å²) in [5.74, 6) is 1.28. The summed E-state index contributed by atoms with van der Waals surface area (Å²) in [6.45, 7) is 4.60. The van der Waals surface area contributed by atoms with Crippen molar-refractivity contribution in [2.45, 2.75) is 20.3 Å². The fraction of sp³-hybridized carbons (Fsp3) is 0.267. The van der Waals surface area contributed by atoms with Gasteiger partial charge < -0.3 is 15.1 Å². The molecule has 2 heterocycles. The van der Waals surface area contributed by atoms with Gasteiger partial charge in [-0.25, -0.2) is 0 Å². The molecular formula is C15H17ClN2O2. The molecule has 0 bridgehead atoms. The molecule has 0 saturated carbocycles. The van der Waals surface area contributed by atoms with E-state index in [2.05, 4.69) is 10.6 Å². The Morgan fingerprint density at radius 1 is 1.30 bits per heavy atom. The molecule has 1 aromatic carbocycles. The standard InChI is InChI=1S/C15H16N2O2.ClH/c1-9-7-13(10(2)19-9)15(18)17-12-3-4-14-11(8-12)5-6-16-14;/h3-4,7-8,16H,5-6H2,1-2H3,(H,17,18);1H. The number of amides is 1. The summed E-state index contributed by atoms with van der Waals surface area (Å²) in [5.41, 5.74) is 3.83. The number of fused-ring (bicyclic) bond motifs is 1. The summed E-state index contributed by atoms with van der Waals surface area (Å²) in [7, 11) is 0. The molecule has 1 aromatic heterocycles. The molecule has 0 unspecified atom stereocenters. The Balaban J connectivity index is 0.00000147. The van der Waals surface area contributed by atoms with Gasteiger partial charge in [0.25, 0.3) is 5.91 Å². The van der Waals surface area contributed by atoms with Gasteiger partial charge in [-0.1, -0.05) is 0 Å². The van der Waals surface area contributed by atoms with E-state index in [0.29, 0.717) is 11.3 Å². The van der Waals surface area contributed by atoms with Crippen molar-refractivity contribution in [2.75, 3.05) is 17.2 Å². The molecule has 2 aromatic rings. The summed E-state index contributed by atoms with van der Waals surface area (Å²) in [4.78, 5) is 12.2. The van der Waals surface area contributed by atoms with Crippen LogP contribution < -0.4 is 10.6 Å². The smallest absolute Gasteiger partial charge is 0.259 e. The first-order valence-electron chi connectivity index (χ1n) is 6.38. The third kappa shape index (κ3) is 2.65. The van der Waals surface area contributed by atoms with E-state index in [1.54, 1.807) is 13.0 Å². The van der Waals surface area contributed by atoms with Crippen molar-refractivity contribution in [1.82, 2.24) is 0 Å². The zero-order valence-electron chi connectivity index (χ0n) is 11.4. The Morgan fingerprint density at radius 3 is 2.80 bits per heavy atom. The molecule has 20 heavy (non-hydrogen) atoms.